The molecule has 0 amide bonds. The first-order chi connectivity index (χ1) is 9.29. The first kappa shape index (κ1) is 11.9. The van der Waals surface area contributed by atoms with Gasteiger partial charge in [0.1, 0.15) is 6.10 Å². The summed E-state index contributed by atoms with van der Waals surface area (Å²) in [5.74, 6) is 0. The summed E-state index contributed by atoms with van der Waals surface area (Å²) >= 11 is 1.63. The van der Waals surface area contributed by atoms with Gasteiger partial charge in [0.15, 0.2) is 0 Å². The lowest BCUT2D eigenvalue weighted by atomic mass is 9.99. The summed E-state index contributed by atoms with van der Waals surface area (Å²) in [5, 5.41) is 22.5. The Morgan fingerprint density at radius 3 is 2.58 bits per heavy atom. The van der Waals surface area contributed by atoms with Crippen LogP contribution in [0, 0.1) is 11.3 Å². The molecule has 1 heterocycles. The van der Waals surface area contributed by atoms with E-state index in [1.807, 2.05) is 23.6 Å². The van der Waals surface area contributed by atoms with Crippen molar-refractivity contribution < 1.29 is 5.11 Å². The number of aliphatic hydroxyl groups excluding tert-OH is 1. The highest BCUT2D eigenvalue weighted by Crippen LogP contribution is 2.32. The van der Waals surface area contributed by atoms with Crippen molar-refractivity contribution in [2.75, 3.05) is 0 Å². The molecule has 2 aromatic carbocycles. The summed E-state index contributed by atoms with van der Waals surface area (Å²) in [6.45, 7) is 0. The second-order valence-electron chi connectivity index (χ2n) is 4.32. The van der Waals surface area contributed by atoms with Crippen LogP contribution < -0.4 is 0 Å². The number of nitriles is 1. The van der Waals surface area contributed by atoms with Crippen LogP contribution in [0.3, 0.4) is 0 Å². The third-order valence-corrected chi connectivity index (χ3v) is 4.14. The zero-order chi connectivity index (χ0) is 13.2. The number of fused-ring (bicyclic) bond motifs is 1. The number of hydrogen-bond donors (Lipinski definition) is 1. The van der Waals surface area contributed by atoms with Gasteiger partial charge in [-0.15, -0.1) is 11.3 Å². The fourth-order valence-corrected chi connectivity index (χ4v) is 3.09. The summed E-state index contributed by atoms with van der Waals surface area (Å²) in [5.41, 5.74) is 2.32. The van der Waals surface area contributed by atoms with Gasteiger partial charge in [-0.2, -0.15) is 5.26 Å². The van der Waals surface area contributed by atoms with Crippen molar-refractivity contribution in [3.8, 4) is 6.07 Å². The molecule has 0 aliphatic heterocycles. The molecule has 0 fully saturated rings. The standard InChI is InChI=1S/C16H11NOS/c17-10-11-4-6-12(7-5-11)15(18)14-3-1-2-13-8-9-19-16(13)14/h1-9,15,18H. The molecule has 92 valence electrons. The third-order valence-electron chi connectivity index (χ3n) is 3.16. The van der Waals surface area contributed by atoms with Crippen LogP contribution in [0.25, 0.3) is 10.1 Å². The van der Waals surface area contributed by atoms with E-state index in [4.69, 9.17) is 5.26 Å². The van der Waals surface area contributed by atoms with E-state index in [0.29, 0.717) is 5.56 Å². The lowest BCUT2D eigenvalue weighted by Gasteiger charge is -2.12. The molecule has 19 heavy (non-hydrogen) atoms. The van der Waals surface area contributed by atoms with Gasteiger partial charge in [-0.1, -0.05) is 30.3 Å². The molecule has 0 saturated heterocycles. The minimum absolute atomic E-state index is 0.602. The lowest BCUT2D eigenvalue weighted by Crippen LogP contribution is -1.99. The number of benzene rings is 2. The van der Waals surface area contributed by atoms with Crippen molar-refractivity contribution >= 4 is 21.4 Å². The Bertz CT molecular complexity index is 752. The van der Waals surface area contributed by atoms with Gasteiger partial charge in [0.05, 0.1) is 11.6 Å². The Kier molecular flexibility index (Phi) is 3.04. The van der Waals surface area contributed by atoms with Crippen molar-refractivity contribution in [3.63, 3.8) is 0 Å². The van der Waals surface area contributed by atoms with Gasteiger partial charge < -0.3 is 5.11 Å². The van der Waals surface area contributed by atoms with E-state index in [9.17, 15) is 5.11 Å². The molecule has 0 aliphatic carbocycles. The first-order valence-electron chi connectivity index (χ1n) is 5.94. The number of rotatable bonds is 2. The molecule has 1 unspecified atom stereocenters. The zero-order valence-electron chi connectivity index (χ0n) is 10.1. The smallest absolute Gasteiger partial charge is 0.105 e. The molecule has 2 nitrogen and oxygen atoms in total. The fraction of sp³-hybridized carbons (Fsp3) is 0.0625. The largest absolute Gasteiger partial charge is 0.384 e. The second kappa shape index (κ2) is 4.85. The summed E-state index contributed by atoms with van der Waals surface area (Å²) < 4.78 is 1.11. The minimum Gasteiger partial charge on any atom is -0.384 e. The monoisotopic (exact) mass is 265 g/mol. The zero-order valence-corrected chi connectivity index (χ0v) is 10.9. The molecule has 3 heteroatoms. The average molecular weight is 265 g/mol. The maximum atomic E-state index is 10.5. The van der Waals surface area contributed by atoms with Crippen LogP contribution in [0.1, 0.15) is 22.8 Å². The third kappa shape index (κ3) is 2.12. The van der Waals surface area contributed by atoms with Crippen molar-refractivity contribution in [2.24, 2.45) is 0 Å². The number of aliphatic hydroxyl groups is 1. The van der Waals surface area contributed by atoms with E-state index in [0.717, 1.165) is 21.2 Å². The maximum Gasteiger partial charge on any atom is 0.105 e. The quantitative estimate of drug-likeness (QED) is 0.764. The fourth-order valence-electron chi connectivity index (χ4n) is 2.15. The lowest BCUT2D eigenvalue weighted by molar-refractivity contribution is 0.222. The highest BCUT2D eigenvalue weighted by Gasteiger charge is 2.14. The Balaban J connectivity index is 2.05. The SMILES string of the molecule is N#Cc1ccc(C(O)c2cccc3ccsc23)cc1. The normalized spacial score (nSPS) is 12.2. The van der Waals surface area contributed by atoms with Gasteiger partial charge >= 0.3 is 0 Å². The van der Waals surface area contributed by atoms with E-state index in [2.05, 4.69) is 12.1 Å². The summed E-state index contributed by atoms with van der Waals surface area (Å²) in [6.07, 6.45) is -0.657. The Hall–Kier alpha value is -2.15. The molecule has 0 radical (unpaired) electrons. The molecule has 0 aliphatic rings. The number of thiophene rings is 1. The highest BCUT2D eigenvalue weighted by atomic mass is 32.1. The summed E-state index contributed by atoms with van der Waals surface area (Å²) in [6, 6.07) is 17.1. The number of nitrogens with zero attached hydrogens (tertiary/aromatic N) is 1. The molecule has 1 aromatic heterocycles. The van der Waals surface area contributed by atoms with E-state index in [1.165, 1.54) is 0 Å². The van der Waals surface area contributed by atoms with Crippen LogP contribution >= 0.6 is 11.3 Å². The topological polar surface area (TPSA) is 44.0 Å². The molecule has 0 saturated carbocycles. The Labute approximate surface area is 115 Å². The van der Waals surface area contributed by atoms with Crippen molar-refractivity contribution in [2.45, 2.75) is 6.10 Å². The van der Waals surface area contributed by atoms with Crippen LogP contribution in [0.4, 0.5) is 0 Å². The van der Waals surface area contributed by atoms with E-state index in [1.54, 1.807) is 35.6 Å². The van der Waals surface area contributed by atoms with Gasteiger partial charge in [0.25, 0.3) is 0 Å². The minimum atomic E-state index is -0.657. The van der Waals surface area contributed by atoms with E-state index >= 15 is 0 Å². The van der Waals surface area contributed by atoms with Crippen LogP contribution in [0.5, 0.6) is 0 Å². The van der Waals surface area contributed by atoms with Gasteiger partial charge in [-0.05, 0) is 34.5 Å². The van der Waals surface area contributed by atoms with Crippen LogP contribution in [0.2, 0.25) is 0 Å². The average Bonchev–Trinajstić information content (AvgIpc) is 2.95. The molecular weight excluding hydrogens is 254 g/mol. The second-order valence-corrected chi connectivity index (χ2v) is 5.24. The van der Waals surface area contributed by atoms with Crippen molar-refractivity contribution in [1.29, 1.82) is 5.26 Å². The molecular formula is C16H11NOS. The molecule has 3 rings (SSSR count). The molecule has 0 spiro atoms. The van der Waals surface area contributed by atoms with Gasteiger partial charge in [-0.25, -0.2) is 0 Å². The van der Waals surface area contributed by atoms with Crippen LogP contribution in [0.15, 0.2) is 53.9 Å². The predicted molar refractivity (Wildman–Crippen MR) is 77.0 cm³/mol. The maximum absolute atomic E-state index is 10.5. The van der Waals surface area contributed by atoms with Gasteiger partial charge in [0, 0.05) is 10.3 Å². The number of hydrogen-bond acceptors (Lipinski definition) is 3. The van der Waals surface area contributed by atoms with Crippen molar-refractivity contribution in [3.05, 3.63) is 70.6 Å². The van der Waals surface area contributed by atoms with E-state index < -0.39 is 6.10 Å². The molecule has 3 aromatic rings. The Morgan fingerprint density at radius 2 is 1.84 bits per heavy atom. The Morgan fingerprint density at radius 1 is 1.05 bits per heavy atom. The predicted octanol–water partition coefficient (Wildman–Crippen LogP) is 3.85. The van der Waals surface area contributed by atoms with E-state index in [-0.39, 0.29) is 0 Å². The first-order valence-corrected chi connectivity index (χ1v) is 6.82. The summed E-state index contributed by atoms with van der Waals surface area (Å²) in [4.78, 5) is 0. The van der Waals surface area contributed by atoms with Gasteiger partial charge in [-0.3, -0.25) is 0 Å². The van der Waals surface area contributed by atoms with Crippen molar-refractivity contribution in [1.82, 2.24) is 0 Å². The highest BCUT2D eigenvalue weighted by molar-refractivity contribution is 7.17. The molecule has 1 atom stereocenters. The van der Waals surface area contributed by atoms with Crippen LogP contribution in [-0.2, 0) is 0 Å². The van der Waals surface area contributed by atoms with Crippen LogP contribution in [-0.4, -0.2) is 5.11 Å². The molecule has 0 bridgehead atoms. The van der Waals surface area contributed by atoms with Gasteiger partial charge in [0.2, 0.25) is 0 Å². The summed E-state index contributed by atoms with van der Waals surface area (Å²) in [7, 11) is 0. The molecule has 1 N–H and O–H groups in total.